The van der Waals surface area contributed by atoms with E-state index in [1.165, 1.54) is 5.56 Å². The number of benzene rings is 3. The van der Waals surface area contributed by atoms with E-state index >= 15 is 0 Å². The fourth-order valence-corrected chi connectivity index (χ4v) is 2.92. The van der Waals surface area contributed by atoms with Crippen molar-refractivity contribution in [3.8, 4) is 22.3 Å². The van der Waals surface area contributed by atoms with E-state index in [2.05, 4.69) is 31.2 Å². The van der Waals surface area contributed by atoms with Crippen LogP contribution < -0.4 is 11.5 Å². The number of hydrogen-bond donors (Lipinski definition) is 2. The van der Waals surface area contributed by atoms with Crippen LogP contribution in [0.3, 0.4) is 0 Å². The zero-order valence-corrected chi connectivity index (χ0v) is 12.9. The lowest BCUT2D eigenvalue weighted by Crippen LogP contribution is -2.04. The quantitative estimate of drug-likeness (QED) is 0.665. The summed E-state index contributed by atoms with van der Waals surface area (Å²) < 4.78 is 0. The van der Waals surface area contributed by atoms with Gasteiger partial charge in [-0.05, 0) is 41.7 Å². The molecule has 2 nitrogen and oxygen atoms in total. The van der Waals surface area contributed by atoms with Crippen molar-refractivity contribution in [1.82, 2.24) is 0 Å². The molecule has 0 heterocycles. The Morgan fingerprint density at radius 2 is 1.00 bits per heavy atom. The molecule has 0 saturated heterocycles. The topological polar surface area (TPSA) is 52.0 Å². The Morgan fingerprint density at radius 3 is 1.50 bits per heavy atom. The lowest BCUT2D eigenvalue weighted by molar-refractivity contribution is 1.34. The van der Waals surface area contributed by atoms with Gasteiger partial charge in [-0.2, -0.15) is 0 Å². The molecule has 4 N–H and O–H groups in total. The summed E-state index contributed by atoms with van der Waals surface area (Å²) in [4.78, 5) is 0. The lowest BCUT2D eigenvalue weighted by atomic mass is 9.86. The van der Waals surface area contributed by atoms with Gasteiger partial charge in [0.15, 0.2) is 0 Å². The van der Waals surface area contributed by atoms with E-state index in [1.807, 2.05) is 43.3 Å². The zero-order chi connectivity index (χ0) is 15.7. The Labute approximate surface area is 131 Å². The summed E-state index contributed by atoms with van der Waals surface area (Å²) >= 11 is 0. The molecule has 110 valence electrons. The summed E-state index contributed by atoms with van der Waals surface area (Å²) in [5.74, 6) is 0. The molecule has 2 heteroatoms. The molecule has 0 spiro atoms. The molecule has 0 bridgehead atoms. The second-order valence-corrected chi connectivity index (χ2v) is 5.56. The van der Waals surface area contributed by atoms with Crippen LogP contribution in [0.15, 0.2) is 60.7 Å². The Kier molecular flexibility index (Phi) is 3.60. The fourth-order valence-electron chi connectivity index (χ4n) is 2.92. The molecule has 0 aliphatic carbocycles. The summed E-state index contributed by atoms with van der Waals surface area (Å²) in [6.45, 7) is 4.14. The smallest absolute Gasteiger partial charge is 0.0636 e. The maximum atomic E-state index is 6.40. The van der Waals surface area contributed by atoms with Crippen molar-refractivity contribution in [2.24, 2.45) is 0 Å². The van der Waals surface area contributed by atoms with Crippen LogP contribution in [-0.2, 0) is 0 Å². The van der Waals surface area contributed by atoms with Crippen LogP contribution in [0, 0.1) is 13.8 Å². The highest BCUT2D eigenvalue weighted by atomic mass is 14.7. The molecule has 0 aromatic heterocycles. The van der Waals surface area contributed by atoms with E-state index in [9.17, 15) is 0 Å². The highest BCUT2D eigenvalue weighted by Crippen LogP contribution is 2.43. The van der Waals surface area contributed by atoms with E-state index in [0.717, 1.165) is 27.8 Å². The average molecular weight is 288 g/mol. The minimum absolute atomic E-state index is 0.660. The van der Waals surface area contributed by atoms with Gasteiger partial charge in [0.2, 0.25) is 0 Å². The van der Waals surface area contributed by atoms with Crippen molar-refractivity contribution in [3.63, 3.8) is 0 Å². The second kappa shape index (κ2) is 5.57. The first-order valence-electron chi connectivity index (χ1n) is 7.40. The minimum Gasteiger partial charge on any atom is -0.397 e. The van der Waals surface area contributed by atoms with Crippen molar-refractivity contribution in [1.29, 1.82) is 0 Å². The maximum Gasteiger partial charge on any atom is 0.0636 e. The number of anilines is 2. The van der Waals surface area contributed by atoms with Crippen LogP contribution >= 0.6 is 0 Å². The summed E-state index contributed by atoms with van der Waals surface area (Å²) in [6.07, 6.45) is 0. The first-order valence-corrected chi connectivity index (χ1v) is 7.40. The minimum atomic E-state index is 0.660. The van der Waals surface area contributed by atoms with Crippen LogP contribution in [0.2, 0.25) is 0 Å². The number of hydrogen-bond acceptors (Lipinski definition) is 2. The molecule has 0 fully saturated rings. The standard InChI is InChI=1S/C20H20N2/c1-13-14(2)19(21)20(22)18(16-11-7-4-8-12-16)17(13)15-9-5-3-6-10-15/h3-12H,21-22H2,1-2H3. The van der Waals surface area contributed by atoms with Gasteiger partial charge in [-0.25, -0.2) is 0 Å². The van der Waals surface area contributed by atoms with Gasteiger partial charge >= 0.3 is 0 Å². The third kappa shape index (κ3) is 2.23. The lowest BCUT2D eigenvalue weighted by Gasteiger charge is -2.20. The Morgan fingerprint density at radius 1 is 0.545 bits per heavy atom. The monoisotopic (exact) mass is 288 g/mol. The Bertz CT molecular complexity index is 736. The normalized spacial score (nSPS) is 10.6. The van der Waals surface area contributed by atoms with Gasteiger partial charge < -0.3 is 11.5 Å². The predicted molar refractivity (Wildman–Crippen MR) is 95.6 cm³/mol. The second-order valence-electron chi connectivity index (χ2n) is 5.56. The molecule has 3 aromatic carbocycles. The highest BCUT2D eigenvalue weighted by molar-refractivity contribution is 5.98. The molecule has 22 heavy (non-hydrogen) atoms. The summed E-state index contributed by atoms with van der Waals surface area (Å²) in [6, 6.07) is 20.5. The van der Waals surface area contributed by atoms with Gasteiger partial charge in [0.1, 0.15) is 0 Å². The Balaban J connectivity index is 2.42. The van der Waals surface area contributed by atoms with Gasteiger partial charge in [-0.1, -0.05) is 60.7 Å². The third-order valence-electron chi connectivity index (χ3n) is 4.28. The zero-order valence-electron chi connectivity index (χ0n) is 12.9. The molecule has 3 rings (SSSR count). The molecular weight excluding hydrogens is 268 g/mol. The van der Waals surface area contributed by atoms with Gasteiger partial charge in [0, 0.05) is 5.56 Å². The summed E-state index contributed by atoms with van der Waals surface area (Å²) in [5.41, 5.74) is 20.6. The van der Waals surface area contributed by atoms with E-state index in [1.54, 1.807) is 0 Å². The number of nitrogen functional groups attached to an aromatic ring is 2. The van der Waals surface area contributed by atoms with E-state index < -0.39 is 0 Å². The van der Waals surface area contributed by atoms with Gasteiger partial charge in [0.05, 0.1) is 11.4 Å². The largest absolute Gasteiger partial charge is 0.397 e. The van der Waals surface area contributed by atoms with Crippen molar-refractivity contribution in [2.45, 2.75) is 13.8 Å². The molecule has 3 aromatic rings. The SMILES string of the molecule is Cc1c(C)c(-c2ccccc2)c(-c2ccccc2)c(N)c1N. The number of nitrogens with two attached hydrogens (primary N) is 2. The first kappa shape index (κ1) is 14.2. The fraction of sp³-hybridized carbons (Fsp3) is 0.100. The van der Waals surface area contributed by atoms with E-state index in [4.69, 9.17) is 11.5 Å². The molecule has 0 aliphatic rings. The van der Waals surface area contributed by atoms with Gasteiger partial charge in [-0.3, -0.25) is 0 Å². The summed E-state index contributed by atoms with van der Waals surface area (Å²) in [5, 5.41) is 0. The predicted octanol–water partition coefficient (Wildman–Crippen LogP) is 4.80. The van der Waals surface area contributed by atoms with Crippen molar-refractivity contribution >= 4 is 11.4 Å². The maximum absolute atomic E-state index is 6.40. The van der Waals surface area contributed by atoms with Crippen LogP contribution in [0.5, 0.6) is 0 Å². The molecule has 0 unspecified atom stereocenters. The van der Waals surface area contributed by atoms with Crippen molar-refractivity contribution in [3.05, 3.63) is 71.8 Å². The third-order valence-corrected chi connectivity index (χ3v) is 4.28. The molecule has 0 saturated carbocycles. The van der Waals surface area contributed by atoms with Crippen LogP contribution in [0.1, 0.15) is 11.1 Å². The average Bonchev–Trinajstić information content (AvgIpc) is 2.57. The molecular formula is C20H20N2. The van der Waals surface area contributed by atoms with Crippen molar-refractivity contribution < 1.29 is 0 Å². The molecule has 0 aliphatic heterocycles. The first-order chi connectivity index (χ1) is 10.6. The molecule has 0 amide bonds. The Hall–Kier alpha value is -2.74. The van der Waals surface area contributed by atoms with Gasteiger partial charge in [0.25, 0.3) is 0 Å². The molecule has 0 radical (unpaired) electrons. The van der Waals surface area contributed by atoms with E-state index in [0.29, 0.717) is 11.4 Å². The van der Waals surface area contributed by atoms with Crippen molar-refractivity contribution in [2.75, 3.05) is 11.5 Å². The van der Waals surface area contributed by atoms with Crippen LogP contribution in [-0.4, -0.2) is 0 Å². The number of rotatable bonds is 2. The van der Waals surface area contributed by atoms with Gasteiger partial charge in [-0.15, -0.1) is 0 Å². The van der Waals surface area contributed by atoms with Crippen LogP contribution in [0.4, 0.5) is 11.4 Å². The highest BCUT2D eigenvalue weighted by Gasteiger charge is 2.18. The van der Waals surface area contributed by atoms with Crippen LogP contribution in [0.25, 0.3) is 22.3 Å². The van der Waals surface area contributed by atoms with E-state index in [-0.39, 0.29) is 0 Å². The molecule has 0 atom stereocenters. The summed E-state index contributed by atoms with van der Waals surface area (Å²) in [7, 11) is 0.